The quantitative estimate of drug-likeness (QED) is 0.369. The summed E-state index contributed by atoms with van der Waals surface area (Å²) in [5.74, 6) is 1.26. The second-order valence-corrected chi connectivity index (χ2v) is 10.1. The number of aromatic nitrogens is 5. The van der Waals surface area contributed by atoms with E-state index in [9.17, 15) is 8.42 Å². The van der Waals surface area contributed by atoms with E-state index < -0.39 is 15.9 Å². The SMILES string of the molecule is COc1cc2c(cc1-c1c(C)noc1C)ncc1nc(S(C)(=O)=O)n([C@H](C)c3ccccn3)c12. The first-order valence-corrected chi connectivity index (χ1v) is 12.5. The minimum atomic E-state index is -3.64. The van der Waals surface area contributed by atoms with Crippen molar-refractivity contribution in [2.24, 2.45) is 0 Å². The second-order valence-electron chi connectivity index (χ2n) is 8.23. The van der Waals surface area contributed by atoms with Crippen LogP contribution in [0.25, 0.3) is 33.1 Å². The first-order valence-electron chi connectivity index (χ1n) is 10.6. The summed E-state index contributed by atoms with van der Waals surface area (Å²) in [6.07, 6.45) is 4.43. The summed E-state index contributed by atoms with van der Waals surface area (Å²) in [6, 6.07) is 8.93. The molecule has 0 spiro atoms. The van der Waals surface area contributed by atoms with Crippen LogP contribution < -0.4 is 4.74 Å². The number of ether oxygens (including phenoxy) is 1. The van der Waals surface area contributed by atoms with E-state index in [1.807, 2.05) is 51.1 Å². The highest BCUT2D eigenvalue weighted by Crippen LogP contribution is 2.40. The molecule has 9 nitrogen and oxygen atoms in total. The maximum Gasteiger partial charge on any atom is 0.229 e. The molecule has 174 valence electrons. The van der Waals surface area contributed by atoms with Crippen LogP contribution in [-0.2, 0) is 9.84 Å². The summed E-state index contributed by atoms with van der Waals surface area (Å²) < 4.78 is 38.3. The maximum atomic E-state index is 12.7. The molecule has 0 saturated heterocycles. The molecule has 0 aliphatic carbocycles. The Morgan fingerprint density at radius 3 is 2.53 bits per heavy atom. The van der Waals surface area contributed by atoms with Crippen LogP contribution in [0.4, 0.5) is 0 Å². The van der Waals surface area contributed by atoms with Crippen LogP contribution in [0.2, 0.25) is 0 Å². The van der Waals surface area contributed by atoms with Crippen LogP contribution in [-0.4, -0.2) is 46.5 Å². The minimum Gasteiger partial charge on any atom is -0.496 e. The number of benzene rings is 1. The number of sulfone groups is 1. The fourth-order valence-corrected chi connectivity index (χ4v) is 5.26. The number of nitrogens with zero attached hydrogens (tertiary/aromatic N) is 5. The molecule has 10 heteroatoms. The van der Waals surface area contributed by atoms with Crippen LogP contribution in [0, 0.1) is 13.8 Å². The zero-order valence-corrected chi connectivity index (χ0v) is 20.2. The van der Waals surface area contributed by atoms with Gasteiger partial charge >= 0.3 is 0 Å². The molecule has 5 rings (SSSR count). The van der Waals surface area contributed by atoms with Gasteiger partial charge in [-0.15, -0.1) is 0 Å². The van der Waals surface area contributed by atoms with Crippen LogP contribution in [0.5, 0.6) is 5.75 Å². The van der Waals surface area contributed by atoms with Crippen molar-refractivity contribution in [3.05, 3.63) is 59.9 Å². The number of imidazole rings is 1. The molecule has 34 heavy (non-hydrogen) atoms. The zero-order valence-electron chi connectivity index (χ0n) is 19.4. The third-order valence-corrected chi connectivity index (χ3v) is 6.89. The number of pyridine rings is 2. The van der Waals surface area contributed by atoms with Gasteiger partial charge in [0.2, 0.25) is 15.0 Å². The van der Waals surface area contributed by atoms with Gasteiger partial charge in [0.1, 0.15) is 17.0 Å². The highest BCUT2D eigenvalue weighted by Gasteiger charge is 2.27. The fraction of sp³-hybridized carbons (Fsp3) is 0.250. The van der Waals surface area contributed by atoms with Gasteiger partial charge in [-0.05, 0) is 45.0 Å². The minimum absolute atomic E-state index is 0.0382. The number of fused-ring (bicyclic) bond motifs is 3. The molecule has 0 N–H and O–H groups in total. The molecule has 0 radical (unpaired) electrons. The van der Waals surface area contributed by atoms with E-state index in [2.05, 4.69) is 20.1 Å². The van der Waals surface area contributed by atoms with E-state index in [0.29, 0.717) is 28.1 Å². The summed E-state index contributed by atoms with van der Waals surface area (Å²) in [4.78, 5) is 13.5. The Morgan fingerprint density at radius 1 is 1.12 bits per heavy atom. The van der Waals surface area contributed by atoms with Crippen molar-refractivity contribution >= 4 is 31.8 Å². The molecular formula is C24H23N5O4S. The van der Waals surface area contributed by atoms with Gasteiger partial charge in [-0.25, -0.2) is 13.4 Å². The summed E-state index contributed by atoms with van der Waals surface area (Å²) in [5, 5.41) is 4.74. The van der Waals surface area contributed by atoms with Gasteiger partial charge in [-0.2, -0.15) is 0 Å². The highest BCUT2D eigenvalue weighted by atomic mass is 32.2. The van der Waals surface area contributed by atoms with E-state index >= 15 is 0 Å². The molecule has 0 fully saturated rings. The lowest BCUT2D eigenvalue weighted by Crippen LogP contribution is -2.15. The predicted octanol–water partition coefficient (Wildman–Crippen LogP) is 4.27. The Hall–Kier alpha value is -3.79. The van der Waals surface area contributed by atoms with Crippen LogP contribution in [0.1, 0.15) is 30.1 Å². The van der Waals surface area contributed by atoms with Crippen molar-refractivity contribution in [2.45, 2.75) is 32.0 Å². The Labute approximate surface area is 196 Å². The summed E-state index contributed by atoms with van der Waals surface area (Å²) in [7, 11) is -2.05. The molecular weight excluding hydrogens is 454 g/mol. The zero-order chi connectivity index (χ0) is 24.2. The van der Waals surface area contributed by atoms with Crippen LogP contribution >= 0.6 is 0 Å². The topological polar surface area (TPSA) is 113 Å². The number of methoxy groups -OCH3 is 1. The Kier molecular flexibility index (Phi) is 5.12. The Balaban J connectivity index is 1.88. The maximum absolute atomic E-state index is 12.7. The normalized spacial score (nSPS) is 13.0. The summed E-state index contributed by atoms with van der Waals surface area (Å²) >= 11 is 0. The predicted molar refractivity (Wildman–Crippen MR) is 128 cm³/mol. The van der Waals surface area contributed by atoms with Gasteiger partial charge < -0.3 is 13.8 Å². The van der Waals surface area contributed by atoms with E-state index in [0.717, 1.165) is 34.2 Å². The van der Waals surface area contributed by atoms with Crippen molar-refractivity contribution in [2.75, 3.05) is 13.4 Å². The Morgan fingerprint density at radius 2 is 1.91 bits per heavy atom. The molecule has 1 atom stereocenters. The van der Waals surface area contributed by atoms with Gasteiger partial charge in [0.25, 0.3) is 0 Å². The molecule has 4 heterocycles. The highest BCUT2D eigenvalue weighted by molar-refractivity contribution is 7.90. The number of hydrogen-bond donors (Lipinski definition) is 0. The second kappa shape index (κ2) is 7.91. The van der Waals surface area contributed by atoms with Crippen molar-refractivity contribution in [3.8, 4) is 16.9 Å². The van der Waals surface area contributed by atoms with E-state index in [1.165, 1.54) is 0 Å². The van der Waals surface area contributed by atoms with E-state index in [-0.39, 0.29) is 5.16 Å². The van der Waals surface area contributed by atoms with Gasteiger partial charge in [-0.1, -0.05) is 11.2 Å². The van der Waals surface area contributed by atoms with Crippen molar-refractivity contribution < 1.29 is 17.7 Å². The first-order chi connectivity index (χ1) is 16.2. The Bertz CT molecular complexity index is 1640. The average Bonchev–Trinajstić information content (AvgIpc) is 3.38. The molecule has 0 aliphatic rings. The van der Waals surface area contributed by atoms with E-state index in [4.69, 9.17) is 9.26 Å². The third-order valence-electron chi connectivity index (χ3n) is 5.94. The molecule has 0 unspecified atom stereocenters. The largest absolute Gasteiger partial charge is 0.496 e. The van der Waals surface area contributed by atoms with Gasteiger partial charge in [0.05, 0.1) is 47.3 Å². The molecule has 1 aromatic carbocycles. The van der Waals surface area contributed by atoms with Crippen molar-refractivity contribution in [1.29, 1.82) is 0 Å². The number of rotatable bonds is 5. The summed E-state index contributed by atoms with van der Waals surface area (Å²) in [6.45, 7) is 5.62. The monoisotopic (exact) mass is 477 g/mol. The smallest absolute Gasteiger partial charge is 0.229 e. The average molecular weight is 478 g/mol. The van der Waals surface area contributed by atoms with Crippen LogP contribution in [0.15, 0.2) is 52.4 Å². The number of hydrogen-bond acceptors (Lipinski definition) is 8. The molecule has 0 amide bonds. The standard InChI is InChI=1S/C24H23N5O4S/c1-13-22(15(3)33-28-13)17-10-19-16(11-21(17)32-4)23-20(12-26-19)27-24(34(5,30)31)29(23)14(2)18-8-6-7-9-25-18/h6-12,14H,1-5H3/t14-/m1/s1. The van der Waals surface area contributed by atoms with Crippen molar-refractivity contribution in [3.63, 3.8) is 0 Å². The lowest BCUT2D eigenvalue weighted by molar-refractivity contribution is 0.393. The molecule has 0 saturated carbocycles. The van der Waals surface area contributed by atoms with E-state index in [1.54, 1.807) is 24.1 Å². The number of aryl methyl sites for hydroxylation is 2. The van der Waals surface area contributed by atoms with Crippen molar-refractivity contribution in [1.82, 2.24) is 24.7 Å². The van der Waals surface area contributed by atoms with Gasteiger partial charge in [-0.3, -0.25) is 9.97 Å². The lowest BCUT2D eigenvalue weighted by atomic mass is 10.0. The molecule has 5 aromatic rings. The summed E-state index contributed by atoms with van der Waals surface area (Å²) in [5.41, 5.74) is 4.88. The lowest BCUT2D eigenvalue weighted by Gasteiger charge is -2.18. The first kappa shape index (κ1) is 22.0. The van der Waals surface area contributed by atoms with Gasteiger partial charge in [0, 0.05) is 23.4 Å². The third kappa shape index (κ3) is 3.41. The van der Waals surface area contributed by atoms with Gasteiger partial charge in [0.15, 0.2) is 0 Å². The molecule has 4 aromatic heterocycles. The molecule has 0 aliphatic heterocycles. The van der Waals surface area contributed by atoms with Crippen LogP contribution in [0.3, 0.4) is 0 Å². The molecule has 0 bridgehead atoms. The fourth-order valence-electron chi connectivity index (χ4n) is 4.39.